The second-order valence-corrected chi connectivity index (χ2v) is 6.05. The highest BCUT2D eigenvalue weighted by atomic mass is 32.2. The summed E-state index contributed by atoms with van der Waals surface area (Å²) < 4.78 is 5.85. The number of amides is 1. The zero-order valence-corrected chi connectivity index (χ0v) is 13.3. The van der Waals surface area contributed by atoms with Crippen LogP contribution in [0.1, 0.15) is 12.5 Å². The number of rotatable bonds is 6. The van der Waals surface area contributed by atoms with Crippen molar-refractivity contribution in [3.8, 4) is 5.75 Å². The van der Waals surface area contributed by atoms with Crippen molar-refractivity contribution in [2.24, 2.45) is 0 Å². The van der Waals surface area contributed by atoms with Crippen LogP contribution in [0.4, 0.5) is 0 Å². The van der Waals surface area contributed by atoms with Crippen molar-refractivity contribution in [2.45, 2.75) is 23.7 Å². The molecule has 0 fully saturated rings. The normalized spacial score (nSPS) is 11.7. The number of pyridine rings is 1. The Morgan fingerprint density at radius 2 is 2.05 bits per heavy atom. The van der Waals surface area contributed by atoms with Crippen molar-refractivity contribution in [2.75, 3.05) is 7.11 Å². The van der Waals surface area contributed by atoms with Gasteiger partial charge in [0, 0.05) is 18.7 Å². The lowest BCUT2D eigenvalue weighted by Gasteiger charge is -2.11. The second kappa shape index (κ2) is 7.70. The van der Waals surface area contributed by atoms with Gasteiger partial charge in [0.05, 0.1) is 12.4 Å². The number of ether oxygens (including phenoxy) is 1. The minimum absolute atomic E-state index is 0.107. The molecule has 5 nitrogen and oxygen atoms in total. The fraction of sp³-hybridized carbons (Fsp3) is 0.250. The van der Waals surface area contributed by atoms with Crippen molar-refractivity contribution in [1.29, 1.82) is 0 Å². The Bertz CT molecular complexity index is 632. The molecule has 1 heterocycles. The summed E-state index contributed by atoms with van der Waals surface area (Å²) in [5.41, 5.74) is 0.991. The van der Waals surface area contributed by atoms with Gasteiger partial charge in [0.25, 0.3) is 5.03 Å². The lowest BCUT2D eigenvalue weighted by molar-refractivity contribution is -0.645. The largest absolute Gasteiger partial charge is 0.618 e. The van der Waals surface area contributed by atoms with E-state index in [4.69, 9.17) is 4.74 Å². The lowest BCUT2D eigenvalue weighted by Crippen LogP contribution is -2.33. The number of methoxy groups -OCH3 is 1. The number of nitrogens with zero attached hydrogens (tertiary/aromatic N) is 1. The maximum atomic E-state index is 12.1. The molecule has 0 aliphatic carbocycles. The Labute approximate surface area is 133 Å². The minimum Gasteiger partial charge on any atom is -0.618 e. The summed E-state index contributed by atoms with van der Waals surface area (Å²) >= 11 is 1.24. The molecule has 116 valence electrons. The Hall–Kier alpha value is -2.21. The topological polar surface area (TPSA) is 65.3 Å². The van der Waals surface area contributed by atoms with Gasteiger partial charge in [-0.2, -0.15) is 4.73 Å². The zero-order valence-electron chi connectivity index (χ0n) is 12.5. The third-order valence-corrected chi connectivity index (χ3v) is 4.21. The molecule has 1 aromatic carbocycles. The van der Waals surface area contributed by atoms with E-state index in [2.05, 4.69) is 5.32 Å². The fourth-order valence-electron chi connectivity index (χ4n) is 1.81. The van der Waals surface area contributed by atoms with Crippen LogP contribution in [-0.2, 0) is 11.3 Å². The van der Waals surface area contributed by atoms with Crippen LogP contribution in [0.25, 0.3) is 0 Å². The van der Waals surface area contributed by atoms with Gasteiger partial charge in [0.1, 0.15) is 5.75 Å². The second-order valence-electron chi connectivity index (χ2n) is 4.69. The van der Waals surface area contributed by atoms with Gasteiger partial charge in [-0.1, -0.05) is 12.1 Å². The zero-order chi connectivity index (χ0) is 15.9. The number of hydrogen-bond donors (Lipinski definition) is 1. The molecule has 22 heavy (non-hydrogen) atoms. The van der Waals surface area contributed by atoms with E-state index in [-0.39, 0.29) is 11.2 Å². The van der Waals surface area contributed by atoms with Crippen LogP contribution in [0.2, 0.25) is 0 Å². The van der Waals surface area contributed by atoms with Gasteiger partial charge in [-0.15, -0.1) is 0 Å². The first-order valence-corrected chi connectivity index (χ1v) is 7.73. The van der Waals surface area contributed by atoms with Gasteiger partial charge in [-0.25, -0.2) is 0 Å². The van der Waals surface area contributed by atoms with Gasteiger partial charge in [-0.05, 0) is 42.4 Å². The molecule has 2 aromatic rings. The number of carbonyl (C=O) groups is 1. The molecule has 0 aliphatic heterocycles. The van der Waals surface area contributed by atoms with Crippen LogP contribution in [0, 0.1) is 5.21 Å². The average Bonchev–Trinajstić information content (AvgIpc) is 2.55. The number of aromatic nitrogens is 1. The van der Waals surface area contributed by atoms with E-state index < -0.39 is 0 Å². The quantitative estimate of drug-likeness (QED) is 0.503. The Kier molecular flexibility index (Phi) is 5.66. The fourth-order valence-corrected chi connectivity index (χ4v) is 2.69. The smallest absolute Gasteiger partial charge is 0.252 e. The number of hydrogen-bond acceptors (Lipinski definition) is 4. The Balaban J connectivity index is 1.87. The van der Waals surface area contributed by atoms with Gasteiger partial charge in [0.15, 0.2) is 6.20 Å². The summed E-state index contributed by atoms with van der Waals surface area (Å²) in [6, 6.07) is 12.6. The highest BCUT2D eigenvalue weighted by Gasteiger charge is 2.18. The van der Waals surface area contributed by atoms with Crippen LogP contribution >= 0.6 is 11.8 Å². The molecule has 0 radical (unpaired) electrons. The molecule has 0 saturated heterocycles. The van der Waals surface area contributed by atoms with Gasteiger partial charge in [0.2, 0.25) is 5.91 Å². The van der Waals surface area contributed by atoms with Gasteiger partial charge < -0.3 is 15.3 Å². The van der Waals surface area contributed by atoms with E-state index in [9.17, 15) is 10.0 Å². The summed E-state index contributed by atoms with van der Waals surface area (Å²) in [6.45, 7) is 2.22. The molecule has 0 spiro atoms. The van der Waals surface area contributed by atoms with Crippen molar-refractivity contribution in [3.05, 3.63) is 59.4 Å². The molecule has 1 N–H and O–H groups in total. The van der Waals surface area contributed by atoms with Crippen molar-refractivity contribution in [1.82, 2.24) is 5.32 Å². The molecule has 0 unspecified atom stereocenters. The molecule has 1 aromatic heterocycles. The molecule has 2 rings (SSSR count). The monoisotopic (exact) mass is 318 g/mol. The van der Waals surface area contributed by atoms with Crippen molar-refractivity contribution >= 4 is 17.7 Å². The maximum absolute atomic E-state index is 12.1. The Morgan fingerprint density at radius 3 is 2.68 bits per heavy atom. The molecular weight excluding hydrogens is 300 g/mol. The van der Waals surface area contributed by atoms with E-state index >= 15 is 0 Å². The molecule has 0 bridgehead atoms. The minimum atomic E-state index is -0.346. The summed E-state index contributed by atoms with van der Waals surface area (Å²) in [5, 5.41) is 14.6. The van der Waals surface area contributed by atoms with Crippen molar-refractivity contribution in [3.63, 3.8) is 0 Å². The van der Waals surface area contributed by atoms with Crippen LogP contribution in [-0.4, -0.2) is 18.3 Å². The molecule has 0 saturated carbocycles. The maximum Gasteiger partial charge on any atom is 0.252 e. The predicted molar refractivity (Wildman–Crippen MR) is 85.6 cm³/mol. The van der Waals surface area contributed by atoms with E-state index in [1.54, 1.807) is 32.2 Å². The van der Waals surface area contributed by atoms with Crippen LogP contribution in [0.5, 0.6) is 5.75 Å². The molecule has 1 atom stereocenters. The van der Waals surface area contributed by atoms with Crippen LogP contribution in [0.15, 0.2) is 53.7 Å². The molecule has 1 amide bonds. The van der Waals surface area contributed by atoms with E-state index in [1.807, 2.05) is 24.3 Å². The van der Waals surface area contributed by atoms with Crippen LogP contribution in [0.3, 0.4) is 0 Å². The summed E-state index contributed by atoms with van der Waals surface area (Å²) in [5.74, 6) is 0.674. The molecule has 6 heteroatoms. The first-order valence-electron chi connectivity index (χ1n) is 6.85. The lowest BCUT2D eigenvalue weighted by atomic mass is 10.2. The van der Waals surface area contributed by atoms with Crippen molar-refractivity contribution < 1.29 is 14.3 Å². The Morgan fingerprint density at radius 1 is 1.32 bits per heavy atom. The highest BCUT2D eigenvalue weighted by molar-refractivity contribution is 8.00. The van der Waals surface area contributed by atoms with Crippen LogP contribution < -0.4 is 14.8 Å². The third-order valence-electron chi connectivity index (χ3n) is 3.08. The SMILES string of the molecule is COc1ccc(CNC(=O)[C@H](C)Sc2cccc[n+]2[O-])cc1. The summed E-state index contributed by atoms with van der Waals surface area (Å²) in [6.07, 6.45) is 1.42. The van der Waals surface area contributed by atoms with E-state index in [1.165, 1.54) is 18.0 Å². The third kappa shape index (κ3) is 4.39. The average molecular weight is 318 g/mol. The number of benzene rings is 1. The number of carbonyl (C=O) groups excluding carboxylic acids is 1. The standard InChI is InChI=1S/C16H18N2O3S/c1-12(22-15-5-3-4-10-18(15)20)16(19)17-11-13-6-8-14(21-2)9-7-13/h3-10,12H,11H2,1-2H3,(H,17,19)/t12-/m0/s1. The van der Waals surface area contributed by atoms with E-state index in [0.717, 1.165) is 16.0 Å². The number of nitrogens with one attached hydrogen (secondary N) is 1. The predicted octanol–water partition coefficient (Wildman–Crippen LogP) is 2.13. The van der Waals surface area contributed by atoms with E-state index in [0.29, 0.717) is 11.6 Å². The van der Waals surface area contributed by atoms with Gasteiger partial charge >= 0.3 is 0 Å². The number of thioether (sulfide) groups is 1. The summed E-state index contributed by atoms with van der Waals surface area (Å²) in [7, 11) is 1.61. The first kappa shape index (κ1) is 16.2. The highest BCUT2D eigenvalue weighted by Crippen LogP contribution is 2.19. The summed E-state index contributed by atoms with van der Waals surface area (Å²) in [4.78, 5) is 12.1. The first-order chi connectivity index (χ1) is 10.6. The molecule has 0 aliphatic rings. The van der Waals surface area contributed by atoms with Gasteiger partial charge in [-0.3, -0.25) is 4.79 Å². The molecular formula is C16H18N2O3S.